The summed E-state index contributed by atoms with van der Waals surface area (Å²) in [5.41, 5.74) is 2.89. The summed E-state index contributed by atoms with van der Waals surface area (Å²) in [6.07, 6.45) is 1.87. The van der Waals surface area contributed by atoms with Crippen molar-refractivity contribution in [1.29, 1.82) is 0 Å². The summed E-state index contributed by atoms with van der Waals surface area (Å²) in [5.74, 6) is -1.06. The van der Waals surface area contributed by atoms with Crippen LogP contribution in [0.5, 0.6) is 0 Å². The van der Waals surface area contributed by atoms with Gasteiger partial charge >= 0.3 is 0 Å². The average Bonchev–Trinajstić information content (AvgIpc) is 2.90. The van der Waals surface area contributed by atoms with E-state index in [9.17, 15) is 18.0 Å². The highest BCUT2D eigenvalue weighted by molar-refractivity contribution is 7.89. The van der Waals surface area contributed by atoms with E-state index in [1.807, 2.05) is 37.3 Å². The zero-order valence-corrected chi connectivity index (χ0v) is 21.1. The van der Waals surface area contributed by atoms with Crippen molar-refractivity contribution in [3.05, 3.63) is 95.6 Å². The van der Waals surface area contributed by atoms with E-state index in [4.69, 9.17) is 0 Å². The Kier molecular flexibility index (Phi) is 8.18. The van der Waals surface area contributed by atoms with Crippen LogP contribution in [-0.2, 0) is 21.2 Å². The van der Waals surface area contributed by atoms with Crippen LogP contribution in [0.4, 0.5) is 5.69 Å². The number of carbonyl (C=O) groups excluding carboxylic acids is 2. The summed E-state index contributed by atoms with van der Waals surface area (Å²) in [5, 5.41) is 5.78. The summed E-state index contributed by atoms with van der Waals surface area (Å²) in [6.45, 7) is 2.85. The Morgan fingerprint density at radius 2 is 1.64 bits per heavy atom. The molecule has 0 spiro atoms. The molecular weight excluding hydrogens is 474 g/mol. The molecule has 1 heterocycles. The van der Waals surface area contributed by atoms with Gasteiger partial charge in [-0.05, 0) is 56.0 Å². The normalized spacial score (nSPS) is 16.3. The van der Waals surface area contributed by atoms with Crippen LogP contribution in [0.3, 0.4) is 0 Å². The van der Waals surface area contributed by atoms with Gasteiger partial charge < -0.3 is 10.6 Å². The molecule has 3 aromatic carbocycles. The number of anilines is 1. The van der Waals surface area contributed by atoms with Crippen LogP contribution in [0.1, 0.15) is 34.3 Å². The fourth-order valence-electron chi connectivity index (χ4n) is 4.32. The summed E-state index contributed by atoms with van der Waals surface area (Å²) < 4.78 is 27.6. The first-order valence-electron chi connectivity index (χ1n) is 12.1. The van der Waals surface area contributed by atoms with Gasteiger partial charge in [0.1, 0.15) is 0 Å². The number of para-hydroxylation sites is 1. The second kappa shape index (κ2) is 11.5. The fraction of sp³-hybridized carbons (Fsp3) is 0.286. The van der Waals surface area contributed by atoms with Crippen molar-refractivity contribution in [2.45, 2.75) is 31.1 Å². The van der Waals surface area contributed by atoms with Crippen molar-refractivity contribution in [3.63, 3.8) is 0 Å². The maximum atomic E-state index is 13.1. The zero-order chi connectivity index (χ0) is 25.5. The minimum absolute atomic E-state index is 0.105. The number of hydrogen-bond acceptors (Lipinski definition) is 4. The van der Waals surface area contributed by atoms with E-state index in [1.165, 1.54) is 4.31 Å². The first-order chi connectivity index (χ1) is 17.3. The molecule has 4 rings (SSSR count). The smallest absolute Gasteiger partial charge is 0.253 e. The minimum Gasteiger partial charge on any atom is -0.352 e. The molecule has 1 aliphatic heterocycles. The van der Waals surface area contributed by atoms with E-state index in [2.05, 4.69) is 10.6 Å². The van der Waals surface area contributed by atoms with Crippen LogP contribution in [0.15, 0.2) is 83.8 Å². The van der Waals surface area contributed by atoms with E-state index in [1.54, 1.807) is 48.5 Å². The Labute approximate surface area is 212 Å². The Bertz CT molecular complexity index is 1310. The molecule has 1 aliphatic rings. The number of nitrogens with zero attached hydrogens (tertiary/aromatic N) is 1. The average molecular weight is 506 g/mol. The number of benzene rings is 3. The van der Waals surface area contributed by atoms with Gasteiger partial charge in [-0.15, -0.1) is 0 Å². The number of piperidine rings is 1. The molecule has 0 aromatic heterocycles. The summed E-state index contributed by atoms with van der Waals surface area (Å²) in [7, 11) is -3.68. The third kappa shape index (κ3) is 6.19. The maximum absolute atomic E-state index is 13.1. The maximum Gasteiger partial charge on any atom is 0.253 e. The zero-order valence-electron chi connectivity index (χ0n) is 20.3. The second-order valence-electron chi connectivity index (χ2n) is 9.04. The Balaban J connectivity index is 1.39. The van der Waals surface area contributed by atoms with Crippen LogP contribution in [0.25, 0.3) is 0 Å². The molecule has 3 aromatic rings. The summed E-state index contributed by atoms with van der Waals surface area (Å²) in [4.78, 5) is 26.2. The lowest BCUT2D eigenvalue weighted by Crippen LogP contribution is -2.43. The Morgan fingerprint density at radius 1 is 0.944 bits per heavy atom. The molecule has 36 heavy (non-hydrogen) atoms. The Hall–Kier alpha value is -3.49. The molecule has 1 atom stereocenters. The van der Waals surface area contributed by atoms with Crippen LogP contribution in [0.2, 0.25) is 0 Å². The van der Waals surface area contributed by atoms with E-state index >= 15 is 0 Å². The third-order valence-electron chi connectivity index (χ3n) is 6.39. The highest BCUT2D eigenvalue weighted by Crippen LogP contribution is 2.26. The number of amides is 2. The lowest BCUT2D eigenvalue weighted by molar-refractivity contribution is -0.120. The van der Waals surface area contributed by atoms with Gasteiger partial charge in [-0.3, -0.25) is 9.59 Å². The predicted octanol–water partition coefficient (Wildman–Crippen LogP) is 4.01. The largest absolute Gasteiger partial charge is 0.352 e. The lowest BCUT2D eigenvalue weighted by Gasteiger charge is -2.31. The molecule has 1 unspecified atom stereocenters. The molecule has 0 bridgehead atoms. The molecule has 2 N–H and O–H groups in total. The van der Waals surface area contributed by atoms with Gasteiger partial charge in [0.25, 0.3) is 5.91 Å². The number of hydrogen-bond donors (Lipinski definition) is 2. The van der Waals surface area contributed by atoms with Crippen LogP contribution < -0.4 is 10.6 Å². The second-order valence-corrected chi connectivity index (χ2v) is 11.0. The first-order valence-corrected chi connectivity index (χ1v) is 13.6. The molecule has 1 saturated heterocycles. The van der Waals surface area contributed by atoms with Gasteiger partial charge in [0.15, 0.2) is 0 Å². The van der Waals surface area contributed by atoms with Crippen molar-refractivity contribution in [2.24, 2.45) is 5.92 Å². The molecule has 2 amide bonds. The highest BCUT2D eigenvalue weighted by Gasteiger charge is 2.33. The van der Waals surface area contributed by atoms with E-state index in [0.29, 0.717) is 43.6 Å². The number of sulfonamides is 1. The van der Waals surface area contributed by atoms with Gasteiger partial charge in [-0.25, -0.2) is 8.42 Å². The van der Waals surface area contributed by atoms with Gasteiger partial charge in [-0.2, -0.15) is 4.31 Å². The van der Waals surface area contributed by atoms with Crippen molar-refractivity contribution < 1.29 is 18.0 Å². The quantitative estimate of drug-likeness (QED) is 0.484. The van der Waals surface area contributed by atoms with E-state index < -0.39 is 15.9 Å². The molecule has 7 nitrogen and oxygen atoms in total. The summed E-state index contributed by atoms with van der Waals surface area (Å²) >= 11 is 0. The molecule has 0 radical (unpaired) electrons. The van der Waals surface area contributed by atoms with Crippen molar-refractivity contribution in [2.75, 3.05) is 25.0 Å². The molecular formula is C28H31N3O4S. The van der Waals surface area contributed by atoms with Crippen LogP contribution in [-0.4, -0.2) is 44.2 Å². The predicted molar refractivity (Wildman–Crippen MR) is 140 cm³/mol. The van der Waals surface area contributed by atoms with Crippen molar-refractivity contribution >= 4 is 27.5 Å². The number of rotatable bonds is 8. The number of aryl methyl sites for hydroxylation is 1. The minimum atomic E-state index is -3.68. The molecule has 8 heteroatoms. The Morgan fingerprint density at radius 3 is 2.39 bits per heavy atom. The van der Waals surface area contributed by atoms with Crippen molar-refractivity contribution in [3.8, 4) is 0 Å². The van der Waals surface area contributed by atoms with Crippen molar-refractivity contribution in [1.82, 2.24) is 9.62 Å². The topological polar surface area (TPSA) is 95.6 Å². The molecule has 0 aliphatic carbocycles. The van der Waals surface area contributed by atoms with E-state index in [-0.39, 0.29) is 23.3 Å². The standard InChI is InChI=1S/C28H31N3O4S/c1-21-13-15-24(16-14-21)36(34,35)31-19-7-10-23(20-31)27(32)30-26-12-6-5-11-25(26)28(33)29-18-17-22-8-3-2-4-9-22/h2-6,8-9,11-16,23H,7,10,17-20H2,1H3,(H,29,33)(H,30,32). The first kappa shape index (κ1) is 25.6. The molecule has 188 valence electrons. The summed E-state index contributed by atoms with van der Waals surface area (Å²) in [6, 6.07) is 23.5. The highest BCUT2D eigenvalue weighted by atomic mass is 32.2. The van der Waals surface area contributed by atoms with Gasteiger partial charge in [0.05, 0.1) is 22.1 Å². The van der Waals surface area contributed by atoms with Gasteiger partial charge in [0, 0.05) is 19.6 Å². The molecule has 0 saturated carbocycles. The SMILES string of the molecule is Cc1ccc(S(=O)(=O)N2CCCC(C(=O)Nc3ccccc3C(=O)NCCc3ccccc3)C2)cc1. The van der Waals surface area contributed by atoms with Crippen LogP contribution >= 0.6 is 0 Å². The number of carbonyl (C=O) groups is 2. The van der Waals surface area contributed by atoms with E-state index in [0.717, 1.165) is 11.1 Å². The molecule has 1 fully saturated rings. The van der Waals surface area contributed by atoms with Gasteiger partial charge in [-0.1, -0.05) is 60.2 Å². The van der Waals surface area contributed by atoms with Gasteiger partial charge in [0.2, 0.25) is 15.9 Å². The third-order valence-corrected chi connectivity index (χ3v) is 8.26. The lowest BCUT2D eigenvalue weighted by atomic mass is 9.98. The fourth-order valence-corrected chi connectivity index (χ4v) is 5.84. The van der Waals surface area contributed by atoms with Crippen LogP contribution in [0, 0.1) is 12.8 Å². The monoisotopic (exact) mass is 505 g/mol. The number of nitrogens with one attached hydrogen (secondary N) is 2.